The van der Waals surface area contributed by atoms with Gasteiger partial charge in [0.05, 0.1) is 0 Å². The Labute approximate surface area is 101 Å². The molecule has 1 heteroatoms. The molecule has 0 aliphatic carbocycles. The van der Waals surface area contributed by atoms with Crippen LogP contribution in [0.25, 0.3) is 11.6 Å². The van der Waals surface area contributed by atoms with Crippen LogP contribution in [-0.2, 0) is 0 Å². The van der Waals surface area contributed by atoms with Crippen molar-refractivity contribution in [3.8, 4) is 0 Å². The van der Waals surface area contributed by atoms with E-state index in [2.05, 4.69) is 30.3 Å². The van der Waals surface area contributed by atoms with Crippen LogP contribution in [-0.4, -0.2) is 5.37 Å². The topological polar surface area (TPSA) is 0 Å². The summed E-state index contributed by atoms with van der Waals surface area (Å²) in [4.78, 5) is 0. The Bertz CT molecular complexity index is 483. The van der Waals surface area contributed by atoms with Crippen molar-refractivity contribution in [2.75, 3.05) is 0 Å². The summed E-state index contributed by atoms with van der Waals surface area (Å²) in [7, 11) is 0. The monoisotopic (exact) mass is 224 g/mol. The molecule has 0 aliphatic heterocycles. The molecule has 16 heavy (non-hydrogen) atoms. The molecule has 0 atom stereocenters. The molecule has 0 saturated heterocycles. The highest BCUT2D eigenvalue weighted by Gasteiger charge is 1.96. The maximum absolute atomic E-state index is 5.06. The van der Waals surface area contributed by atoms with E-state index in [0.717, 1.165) is 11.1 Å². The van der Waals surface area contributed by atoms with Crippen molar-refractivity contribution in [3.63, 3.8) is 0 Å². The predicted octanol–water partition coefficient (Wildman–Crippen LogP) is 4.23. The van der Waals surface area contributed by atoms with E-state index in [-0.39, 0.29) is 0 Å². The fourth-order valence-electron chi connectivity index (χ4n) is 1.54. The second-order valence-electron chi connectivity index (χ2n) is 3.49. The fourth-order valence-corrected chi connectivity index (χ4v) is 1.75. The van der Waals surface area contributed by atoms with Crippen LogP contribution < -0.4 is 0 Å². The lowest BCUT2D eigenvalue weighted by Gasteiger charge is -2.01. The molecule has 2 aromatic rings. The third kappa shape index (κ3) is 2.65. The number of benzene rings is 2. The van der Waals surface area contributed by atoms with Crippen molar-refractivity contribution in [2.45, 2.75) is 0 Å². The highest BCUT2D eigenvalue weighted by atomic mass is 32.1. The van der Waals surface area contributed by atoms with Gasteiger partial charge in [-0.15, -0.1) is 0 Å². The molecule has 0 saturated carbocycles. The standard InChI is InChI=1S/C15H12S/c16-12-15(14-9-5-2-6-10-14)11-13-7-3-1-4-8-13/h1-12H/b15-11-. The Morgan fingerprint density at radius 3 is 1.94 bits per heavy atom. The third-order valence-corrected chi connectivity index (χ3v) is 2.61. The Balaban J connectivity index is 2.38. The molecule has 78 valence electrons. The van der Waals surface area contributed by atoms with Gasteiger partial charge in [-0.3, -0.25) is 0 Å². The first kappa shape index (κ1) is 10.8. The summed E-state index contributed by atoms with van der Waals surface area (Å²) in [5, 5.41) is 1.72. The zero-order valence-electron chi connectivity index (χ0n) is 8.84. The van der Waals surface area contributed by atoms with E-state index in [1.54, 1.807) is 5.37 Å². The van der Waals surface area contributed by atoms with Crippen LogP contribution in [0.5, 0.6) is 0 Å². The number of rotatable bonds is 3. The molecule has 0 N–H and O–H groups in total. The van der Waals surface area contributed by atoms with Crippen LogP contribution in [0, 0.1) is 0 Å². The first-order valence-corrected chi connectivity index (χ1v) is 5.64. The van der Waals surface area contributed by atoms with Gasteiger partial charge in [-0.1, -0.05) is 72.9 Å². The van der Waals surface area contributed by atoms with Crippen LogP contribution in [0.15, 0.2) is 60.7 Å². The predicted molar refractivity (Wildman–Crippen MR) is 74.4 cm³/mol. The van der Waals surface area contributed by atoms with Gasteiger partial charge in [0.2, 0.25) is 0 Å². The minimum atomic E-state index is 1.07. The van der Waals surface area contributed by atoms with Gasteiger partial charge in [-0.05, 0) is 22.8 Å². The molecule has 2 aromatic carbocycles. The van der Waals surface area contributed by atoms with E-state index in [1.165, 1.54) is 5.56 Å². The van der Waals surface area contributed by atoms with Crippen molar-refractivity contribution >= 4 is 29.2 Å². The van der Waals surface area contributed by atoms with Gasteiger partial charge < -0.3 is 0 Å². The van der Waals surface area contributed by atoms with Crippen LogP contribution in [0.3, 0.4) is 0 Å². The van der Waals surface area contributed by atoms with Gasteiger partial charge in [0, 0.05) is 5.37 Å². The van der Waals surface area contributed by atoms with Crippen LogP contribution in [0.4, 0.5) is 0 Å². The number of hydrogen-bond donors (Lipinski definition) is 0. The summed E-state index contributed by atoms with van der Waals surface area (Å²) in [6, 6.07) is 20.4. The van der Waals surface area contributed by atoms with Gasteiger partial charge in [-0.2, -0.15) is 0 Å². The lowest BCUT2D eigenvalue weighted by molar-refractivity contribution is 1.63. The zero-order valence-corrected chi connectivity index (χ0v) is 9.65. The fraction of sp³-hybridized carbons (Fsp3) is 0. The molecule has 0 fully saturated rings. The largest absolute Gasteiger partial charge is 0.0881 e. The lowest BCUT2D eigenvalue weighted by Crippen LogP contribution is -1.83. The average Bonchev–Trinajstić information content (AvgIpc) is 2.38. The lowest BCUT2D eigenvalue weighted by atomic mass is 10.0. The van der Waals surface area contributed by atoms with E-state index in [9.17, 15) is 0 Å². The second kappa shape index (κ2) is 5.38. The Hall–Kier alpha value is -1.73. The highest BCUT2D eigenvalue weighted by molar-refractivity contribution is 7.79. The van der Waals surface area contributed by atoms with E-state index in [0.29, 0.717) is 0 Å². The summed E-state index contributed by atoms with van der Waals surface area (Å²) < 4.78 is 0. The molecule has 0 spiro atoms. The van der Waals surface area contributed by atoms with Crippen molar-refractivity contribution in [1.29, 1.82) is 0 Å². The summed E-state index contributed by atoms with van der Waals surface area (Å²) in [5.74, 6) is 0. The molecule has 0 radical (unpaired) electrons. The minimum Gasteiger partial charge on any atom is -0.0881 e. The number of hydrogen-bond acceptors (Lipinski definition) is 1. The molecule has 0 unspecified atom stereocenters. The molecule has 0 amide bonds. The van der Waals surface area contributed by atoms with Crippen LogP contribution in [0.1, 0.15) is 11.1 Å². The zero-order chi connectivity index (χ0) is 11.2. The van der Waals surface area contributed by atoms with Gasteiger partial charge in [0.1, 0.15) is 0 Å². The third-order valence-electron chi connectivity index (χ3n) is 2.36. The first-order valence-electron chi connectivity index (χ1n) is 5.17. The van der Waals surface area contributed by atoms with E-state index >= 15 is 0 Å². The molecule has 0 heterocycles. The highest BCUT2D eigenvalue weighted by Crippen LogP contribution is 2.16. The number of allylic oxidation sites excluding steroid dienone is 1. The van der Waals surface area contributed by atoms with Crippen LogP contribution >= 0.6 is 12.2 Å². The summed E-state index contributed by atoms with van der Waals surface area (Å²) in [5.41, 5.74) is 3.39. The van der Waals surface area contributed by atoms with E-state index in [1.807, 2.05) is 36.4 Å². The van der Waals surface area contributed by atoms with Gasteiger partial charge in [0.25, 0.3) is 0 Å². The van der Waals surface area contributed by atoms with Gasteiger partial charge in [0.15, 0.2) is 0 Å². The molecular weight excluding hydrogens is 212 g/mol. The van der Waals surface area contributed by atoms with Crippen molar-refractivity contribution < 1.29 is 0 Å². The molecule has 2 rings (SSSR count). The smallest absolute Gasteiger partial charge is 0.00923 e. The molecule has 0 bridgehead atoms. The number of thiocarbonyl (C=S) groups is 1. The van der Waals surface area contributed by atoms with Gasteiger partial charge in [-0.25, -0.2) is 0 Å². The molecule has 0 aromatic heterocycles. The van der Waals surface area contributed by atoms with E-state index in [4.69, 9.17) is 12.2 Å². The average molecular weight is 224 g/mol. The normalized spacial score (nSPS) is 11.1. The Kier molecular flexibility index (Phi) is 3.62. The summed E-state index contributed by atoms with van der Waals surface area (Å²) >= 11 is 5.06. The molecule has 0 nitrogen and oxygen atoms in total. The summed E-state index contributed by atoms with van der Waals surface area (Å²) in [6.07, 6.45) is 2.10. The quantitative estimate of drug-likeness (QED) is 0.427. The first-order chi connectivity index (χ1) is 7.90. The Morgan fingerprint density at radius 1 is 0.812 bits per heavy atom. The SMILES string of the molecule is S=C/C(=C/c1ccccc1)c1ccccc1. The van der Waals surface area contributed by atoms with E-state index < -0.39 is 0 Å². The molecular formula is C15H12S. The Morgan fingerprint density at radius 2 is 1.38 bits per heavy atom. The van der Waals surface area contributed by atoms with Gasteiger partial charge >= 0.3 is 0 Å². The second-order valence-corrected chi connectivity index (χ2v) is 3.73. The molecule has 0 aliphatic rings. The van der Waals surface area contributed by atoms with Crippen LogP contribution in [0.2, 0.25) is 0 Å². The summed E-state index contributed by atoms with van der Waals surface area (Å²) in [6.45, 7) is 0. The van der Waals surface area contributed by atoms with Crippen molar-refractivity contribution in [3.05, 3.63) is 71.8 Å². The van der Waals surface area contributed by atoms with Crippen molar-refractivity contribution in [1.82, 2.24) is 0 Å². The minimum absolute atomic E-state index is 1.07. The maximum Gasteiger partial charge on any atom is 0.00923 e. The van der Waals surface area contributed by atoms with Crippen molar-refractivity contribution in [2.24, 2.45) is 0 Å². The maximum atomic E-state index is 5.06.